The quantitative estimate of drug-likeness (QED) is 0.791. The lowest BCUT2D eigenvalue weighted by Crippen LogP contribution is -2.38. The van der Waals surface area contributed by atoms with Crippen molar-refractivity contribution in [1.82, 2.24) is 5.01 Å². The molecule has 1 heterocycles. The SMILES string of the molecule is C/C(N)=C1\c2ccccc2N(c2ccccc2)C(=O)CN1N. The molecule has 0 spiro atoms. The molecule has 3 rings (SSSR count). The fourth-order valence-corrected chi connectivity index (χ4v) is 2.75. The number of nitrogens with two attached hydrogens (primary N) is 2. The molecular formula is C17H18N4O. The molecule has 112 valence electrons. The van der Waals surface area contributed by atoms with Crippen molar-refractivity contribution < 1.29 is 4.79 Å². The van der Waals surface area contributed by atoms with Crippen LogP contribution < -0.4 is 16.5 Å². The minimum Gasteiger partial charge on any atom is -0.401 e. The van der Waals surface area contributed by atoms with Crippen molar-refractivity contribution in [3.8, 4) is 0 Å². The van der Waals surface area contributed by atoms with Crippen molar-refractivity contribution in [3.63, 3.8) is 0 Å². The fourth-order valence-electron chi connectivity index (χ4n) is 2.75. The Bertz CT molecular complexity index is 735. The van der Waals surface area contributed by atoms with Crippen LogP contribution in [0.3, 0.4) is 0 Å². The number of hydrogen-bond donors (Lipinski definition) is 2. The van der Waals surface area contributed by atoms with E-state index in [1.54, 1.807) is 11.8 Å². The van der Waals surface area contributed by atoms with E-state index in [1.165, 1.54) is 5.01 Å². The highest BCUT2D eigenvalue weighted by Crippen LogP contribution is 2.36. The zero-order valence-electron chi connectivity index (χ0n) is 12.4. The molecule has 0 bridgehead atoms. The molecule has 0 fully saturated rings. The topological polar surface area (TPSA) is 75.6 Å². The molecule has 0 saturated carbocycles. The first-order chi connectivity index (χ1) is 10.6. The first kappa shape index (κ1) is 14.2. The number of anilines is 2. The molecule has 2 aromatic carbocycles. The standard InChI is InChI=1S/C17H18N4O/c1-12(18)17-14-9-5-6-10-15(14)21(16(22)11-20(17)19)13-7-3-2-4-8-13/h2-10H,11,18-19H2,1H3/b17-12-. The minimum absolute atomic E-state index is 0.0629. The Morgan fingerprint density at radius 1 is 1.05 bits per heavy atom. The van der Waals surface area contributed by atoms with Gasteiger partial charge >= 0.3 is 0 Å². The zero-order chi connectivity index (χ0) is 15.7. The average molecular weight is 294 g/mol. The van der Waals surface area contributed by atoms with Gasteiger partial charge in [-0.15, -0.1) is 0 Å². The molecule has 5 heteroatoms. The predicted molar refractivity (Wildman–Crippen MR) is 87.7 cm³/mol. The molecule has 5 nitrogen and oxygen atoms in total. The highest BCUT2D eigenvalue weighted by molar-refractivity contribution is 6.06. The summed E-state index contributed by atoms with van der Waals surface area (Å²) in [6, 6.07) is 17.2. The normalized spacial score (nSPS) is 17.1. The molecule has 0 saturated heterocycles. The monoisotopic (exact) mass is 294 g/mol. The van der Waals surface area contributed by atoms with Gasteiger partial charge in [0.25, 0.3) is 5.91 Å². The summed E-state index contributed by atoms with van der Waals surface area (Å²) < 4.78 is 0. The number of fused-ring (bicyclic) bond motifs is 1. The maximum Gasteiger partial charge on any atom is 0.252 e. The molecular weight excluding hydrogens is 276 g/mol. The van der Waals surface area contributed by atoms with E-state index < -0.39 is 0 Å². The lowest BCUT2D eigenvalue weighted by atomic mass is 10.1. The second-order valence-corrected chi connectivity index (χ2v) is 5.24. The third kappa shape index (κ3) is 2.31. The number of carbonyl (C=O) groups is 1. The second kappa shape index (κ2) is 5.54. The molecule has 0 aromatic heterocycles. The zero-order valence-corrected chi connectivity index (χ0v) is 12.4. The number of nitrogens with zero attached hydrogens (tertiary/aromatic N) is 2. The summed E-state index contributed by atoms with van der Waals surface area (Å²) in [5.41, 5.74) is 9.70. The van der Waals surface area contributed by atoms with Gasteiger partial charge in [0.2, 0.25) is 0 Å². The number of rotatable bonds is 1. The van der Waals surface area contributed by atoms with Gasteiger partial charge in [0.1, 0.15) is 6.54 Å². The smallest absolute Gasteiger partial charge is 0.252 e. The number of amides is 1. The van der Waals surface area contributed by atoms with Crippen LogP contribution in [0.5, 0.6) is 0 Å². The van der Waals surface area contributed by atoms with Crippen molar-refractivity contribution in [2.24, 2.45) is 11.6 Å². The van der Waals surface area contributed by atoms with Crippen LogP contribution in [0.25, 0.3) is 5.70 Å². The molecule has 0 unspecified atom stereocenters. The first-order valence-corrected chi connectivity index (χ1v) is 7.05. The van der Waals surface area contributed by atoms with Gasteiger partial charge in [0, 0.05) is 16.9 Å². The van der Waals surface area contributed by atoms with E-state index in [1.807, 2.05) is 54.6 Å². The van der Waals surface area contributed by atoms with E-state index in [-0.39, 0.29) is 12.5 Å². The summed E-state index contributed by atoms with van der Waals surface area (Å²) >= 11 is 0. The van der Waals surface area contributed by atoms with E-state index in [2.05, 4.69) is 0 Å². The van der Waals surface area contributed by atoms with Crippen molar-refractivity contribution in [3.05, 3.63) is 65.9 Å². The molecule has 2 aromatic rings. The molecule has 0 radical (unpaired) electrons. The molecule has 0 aliphatic carbocycles. The van der Waals surface area contributed by atoms with Gasteiger partial charge < -0.3 is 5.73 Å². The van der Waals surface area contributed by atoms with Crippen LogP contribution in [0.1, 0.15) is 12.5 Å². The van der Waals surface area contributed by atoms with Gasteiger partial charge in [0.15, 0.2) is 0 Å². The van der Waals surface area contributed by atoms with E-state index >= 15 is 0 Å². The van der Waals surface area contributed by atoms with Crippen LogP contribution in [0.2, 0.25) is 0 Å². The second-order valence-electron chi connectivity index (χ2n) is 5.24. The maximum absolute atomic E-state index is 12.7. The van der Waals surface area contributed by atoms with Crippen molar-refractivity contribution in [2.75, 3.05) is 11.4 Å². The number of hydrogen-bond acceptors (Lipinski definition) is 4. The highest BCUT2D eigenvalue weighted by atomic mass is 16.2. The van der Waals surface area contributed by atoms with E-state index in [0.29, 0.717) is 11.4 Å². The van der Waals surface area contributed by atoms with E-state index in [4.69, 9.17) is 11.6 Å². The number of carbonyl (C=O) groups excluding carboxylic acids is 1. The number of hydrazine groups is 1. The van der Waals surface area contributed by atoms with Crippen molar-refractivity contribution in [1.29, 1.82) is 0 Å². The summed E-state index contributed by atoms with van der Waals surface area (Å²) in [6.07, 6.45) is 0. The van der Waals surface area contributed by atoms with Gasteiger partial charge in [-0.2, -0.15) is 0 Å². The van der Waals surface area contributed by atoms with Crippen LogP contribution >= 0.6 is 0 Å². The van der Waals surface area contributed by atoms with Crippen LogP contribution in [0.15, 0.2) is 60.3 Å². The van der Waals surface area contributed by atoms with Crippen molar-refractivity contribution >= 4 is 23.0 Å². The lowest BCUT2D eigenvalue weighted by molar-refractivity contribution is -0.118. The van der Waals surface area contributed by atoms with Crippen LogP contribution in [-0.4, -0.2) is 17.5 Å². The molecule has 1 aliphatic heterocycles. The Labute approximate surface area is 129 Å². The minimum atomic E-state index is -0.0996. The van der Waals surface area contributed by atoms with Gasteiger partial charge in [0.05, 0.1) is 11.4 Å². The van der Waals surface area contributed by atoms with Crippen LogP contribution in [0.4, 0.5) is 11.4 Å². The Hall–Kier alpha value is -2.79. The Morgan fingerprint density at radius 2 is 1.68 bits per heavy atom. The molecule has 0 atom stereocenters. The largest absolute Gasteiger partial charge is 0.401 e. The van der Waals surface area contributed by atoms with Gasteiger partial charge in [-0.1, -0.05) is 36.4 Å². The summed E-state index contributed by atoms with van der Waals surface area (Å²) in [4.78, 5) is 14.4. The average Bonchev–Trinajstić information content (AvgIpc) is 2.60. The predicted octanol–water partition coefficient (Wildman–Crippen LogP) is 2.19. The number of benzene rings is 2. The van der Waals surface area contributed by atoms with Crippen LogP contribution in [0, 0.1) is 0 Å². The molecule has 4 N–H and O–H groups in total. The Morgan fingerprint density at radius 3 is 2.36 bits per heavy atom. The highest BCUT2D eigenvalue weighted by Gasteiger charge is 2.29. The van der Waals surface area contributed by atoms with Gasteiger partial charge in [-0.3, -0.25) is 14.7 Å². The van der Waals surface area contributed by atoms with Gasteiger partial charge in [-0.25, -0.2) is 5.84 Å². The summed E-state index contributed by atoms with van der Waals surface area (Å²) in [6.45, 7) is 1.85. The Kier molecular flexibility index (Phi) is 3.56. The lowest BCUT2D eigenvalue weighted by Gasteiger charge is -2.22. The van der Waals surface area contributed by atoms with Gasteiger partial charge in [-0.05, 0) is 25.1 Å². The summed E-state index contributed by atoms with van der Waals surface area (Å²) in [7, 11) is 0. The summed E-state index contributed by atoms with van der Waals surface area (Å²) in [5, 5.41) is 1.42. The molecule has 1 aliphatic rings. The molecule has 1 amide bonds. The fraction of sp³-hybridized carbons (Fsp3) is 0.118. The summed E-state index contributed by atoms with van der Waals surface area (Å²) in [5.74, 6) is 5.97. The number of para-hydroxylation sites is 2. The van der Waals surface area contributed by atoms with Crippen LogP contribution in [-0.2, 0) is 4.79 Å². The van der Waals surface area contributed by atoms with Crippen molar-refractivity contribution in [2.45, 2.75) is 6.92 Å². The first-order valence-electron chi connectivity index (χ1n) is 7.05. The third-order valence-corrected chi connectivity index (χ3v) is 3.63. The maximum atomic E-state index is 12.7. The Balaban J connectivity index is 2.26. The molecule has 22 heavy (non-hydrogen) atoms. The third-order valence-electron chi connectivity index (χ3n) is 3.63. The van der Waals surface area contributed by atoms with E-state index in [0.717, 1.165) is 16.9 Å². The van der Waals surface area contributed by atoms with E-state index in [9.17, 15) is 4.79 Å². The number of allylic oxidation sites excluding steroid dienone is 1.